The molecule has 1 aromatic rings. The molecule has 3 N–H and O–H groups in total. The topological polar surface area (TPSA) is 95.1 Å². The van der Waals surface area contributed by atoms with E-state index in [1.807, 2.05) is 6.92 Å². The number of imidazole rings is 1. The van der Waals surface area contributed by atoms with Crippen molar-refractivity contribution in [1.82, 2.24) is 15.3 Å². The first-order chi connectivity index (χ1) is 7.16. The third-order valence-corrected chi connectivity index (χ3v) is 1.88. The number of amides is 1. The molecule has 15 heavy (non-hydrogen) atoms. The predicted octanol–water partition coefficient (Wildman–Crippen LogP) is 0.638. The number of nitrogens with one attached hydrogen (secondary N) is 2. The summed E-state index contributed by atoms with van der Waals surface area (Å²) >= 11 is 0. The molecule has 1 heterocycles. The number of H-pyrrole nitrogens is 1. The van der Waals surface area contributed by atoms with Crippen LogP contribution in [-0.4, -0.2) is 33.5 Å². The number of carboxylic acids is 1. The van der Waals surface area contributed by atoms with Crippen molar-refractivity contribution in [1.29, 1.82) is 0 Å². The summed E-state index contributed by atoms with van der Waals surface area (Å²) in [6, 6.07) is 0. The normalized spacial score (nSPS) is 9.93. The molecular formula is C9H13N3O3. The fraction of sp³-hybridized carbons (Fsp3) is 0.444. The minimum absolute atomic E-state index is 0.0707. The summed E-state index contributed by atoms with van der Waals surface area (Å²) in [5.74, 6) is -1.64. The molecule has 0 bridgehead atoms. The summed E-state index contributed by atoms with van der Waals surface area (Å²) in [4.78, 5) is 28.2. The van der Waals surface area contributed by atoms with Crippen molar-refractivity contribution < 1.29 is 14.7 Å². The fourth-order valence-corrected chi connectivity index (χ4v) is 1.09. The van der Waals surface area contributed by atoms with Crippen molar-refractivity contribution in [2.45, 2.75) is 19.8 Å². The molecule has 82 valence electrons. The summed E-state index contributed by atoms with van der Waals surface area (Å²) in [6.07, 6.45) is 3.02. The maximum atomic E-state index is 11.4. The maximum Gasteiger partial charge on any atom is 0.354 e. The Kier molecular flexibility index (Phi) is 3.84. The van der Waals surface area contributed by atoms with Crippen LogP contribution in [0.2, 0.25) is 0 Å². The van der Waals surface area contributed by atoms with Crippen molar-refractivity contribution in [3.63, 3.8) is 0 Å². The van der Waals surface area contributed by atoms with Crippen molar-refractivity contribution in [2.24, 2.45) is 0 Å². The van der Waals surface area contributed by atoms with Gasteiger partial charge in [-0.3, -0.25) is 4.79 Å². The maximum absolute atomic E-state index is 11.4. The van der Waals surface area contributed by atoms with Crippen LogP contribution in [0, 0.1) is 0 Å². The zero-order valence-corrected chi connectivity index (χ0v) is 8.41. The molecule has 0 saturated carbocycles. The SMILES string of the molecule is CCCCNC(=O)c1nc[nH]c1C(=O)O. The highest BCUT2D eigenvalue weighted by Gasteiger charge is 2.18. The van der Waals surface area contributed by atoms with Gasteiger partial charge in [-0.1, -0.05) is 13.3 Å². The van der Waals surface area contributed by atoms with E-state index in [0.29, 0.717) is 6.54 Å². The number of carbonyl (C=O) groups is 2. The van der Waals surface area contributed by atoms with Crippen LogP contribution in [0.3, 0.4) is 0 Å². The molecule has 6 nitrogen and oxygen atoms in total. The van der Waals surface area contributed by atoms with E-state index in [9.17, 15) is 9.59 Å². The second-order valence-electron chi connectivity index (χ2n) is 3.04. The Bertz CT molecular complexity index is 359. The van der Waals surface area contributed by atoms with Gasteiger partial charge >= 0.3 is 5.97 Å². The molecule has 6 heteroatoms. The van der Waals surface area contributed by atoms with E-state index < -0.39 is 11.9 Å². The molecule has 1 amide bonds. The van der Waals surface area contributed by atoms with Gasteiger partial charge < -0.3 is 15.4 Å². The van der Waals surface area contributed by atoms with Gasteiger partial charge in [-0.2, -0.15) is 0 Å². The number of aromatic amines is 1. The molecular weight excluding hydrogens is 198 g/mol. The number of carbonyl (C=O) groups excluding carboxylic acids is 1. The molecule has 0 aliphatic heterocycles. The highest BCUT2D eigenvalue weighted by atomic mass is 16.4. The molecule has 0 spiro atoms. The first kappa shape index (κ1) is 11.2. The van der Waals surface area contributed by atoms with E-state index in [-0.39, 0.29) is 11.4 Å². The summed E-state index contributed by atoms with van der Waals surface area (Å²) in [5.41, 5.74) is -0.248. The average Bonchev–Trinajstić information content (AvgIpc) is 2.66. The number of carboxylic acid groups (broad SMARTS) is 1. The smallest absolute Gasteiger partial charge is 0.354 e. The number of unbranched alkanes of at least 4 members (excludes halogenated alkanes) is 1. The number of hydrogen-bond donors (Lipinski definition) is 3. The van der Waals surface area contributed by atoms with E-state index in [1.165, 1.54) is 6.33 Å². The Hall–Kier alpha value is -1.85. The predicted molar refractivity (Wildman–Crippen MR) is 52.8 cm³/mol. The Labute approximate surface area is 86.7 Å². The number of rotatable bonds is 5. The third-order valence-electron chi connectivity index (χ3n) is 1.88. The molecule has 1 aromatic heterocycles. The van der Waals surface area contributed by atoms with Gasteiger partial charge in [0.05, 0.1) is 6.33 Å². The number of aromatic nitrogens is 2. The summed E-state index contributed by atoms with van der Waals surface area (Å²) in [7, 11) is 0. The van der Waals surface area contributed by atoms with E-state index >= 15 is 0 Å². The minimum Gasteiger partial charge on any atom is -0.477 e. The van der Waals surface area contributed by atoms with Crippen LogP contribution in [0.15, 0.2) is 6.33 Å². The second-order valence-corrected chi connectivity index (χ2v) is 3.04. The Morgan fingerprint density at radius 2 is 2.33 bits per heavy atom. The third kappa shape index (κ3) is 2.80. The van der Waals surface area contributed by atoms with Crippen LogP contribution >= 0.6 is 0 Å². The molecule has 0 radical (unpaired) electrons. The monoisotopic (exact) mass is 211 g/mol. The highest BCUT2D eigenvalue weighted by molar-refractivity contribution is 6.02. The molecule has 0 aliphatic rings. The standard InChI is InChI=1S/C9H13N3O3/c1-2-3-4-10-8(13)6-7(9(14)15)12-5-11-6/h5H,2-4H2,1H3,(H,10,13)(H,11,12)(H,14,15). The van der Waals surface area contributed by atoms with Gasteiger partial charge in [0.1, 0.15) is 0 Å². The zero-order chi connectivity index (χ0) is 11.3. The summed E-state index contributed by atoms with van der Waals surface area (Å²) in [6.45, 7) is 2.53. The Morgan fingerprint density at radius 1 is 1.60 bits per heavy atom. The van der Waals surface area contributed by atoms with Crippen LogP contribution in [0.4, 0.5) is 0 Å². The molecule has 0 atom stereocenters. The van der Waals surface area contributed by atoms with E-state index in [4.69, 9.17) is 5.11 Å². The van der Waals surface area contributed by atoms with Gasteiger partial charge in [-0.15, -0.1) is 0 Å². The summed E-state index contributed by atoms with van der Waals surface area (Å²) < 4.78 is 0. The van der Waals surface area contributed by atoms with Crippen molar-refractivity contribution in [3.05, 3.63) is 17.7 Å². The van der Waals surface area contributed by atoms with E-state index in [2.05, 4.69) is 15.3 Å². The molecule has 0 aromatic carbocycles. The molecule has 1 rings (SSSR count). The first-order valence-electron chi connectivity index (χ1n) is 4.71. The lowest BCUT2D eigenvalue weighted by Crippen LogP contribution is -2.26. The minimum atomic E-state index is -1.19. The molecule has 0 unspecified atom stereocenters. The Morgan fingerprint density at radius 3 is 2.93 bits per heavy atom. The van der Waals surface area contributed by atoms with Gasteiger partial charge in [0, 0.05) is 6.54 Å². The van der Waals surface area contributed by atoms with Crippen LogP contribution in [0.25, 0.3) is 0 Å². The molecule has 0 saturated heterocycles. The van der Waals surface area contributed by atoms with Crippen LogP contribution in [-0.2, 0) is 0 Å². The van der Waals surface area contributed by atoms with Gasteiger partial charge in [0.15, 0.2) is 11.4 Å². The molecule has 0 fully saturated rings. The van der Waals surface area contributed by atoms with Crippen LogP contribution < -0.4 is 5.32 Å². The van der Waals surface area contributed by atoms with Crippen molar-refractivity contribution in [2.75, 3.05) is 6.54 Å². The lowest BCUT2D eigenvalue weighted by atomic mass is 10.3. The Balaban J connectivity index is 2.65. The van der Waals surface area contributed by atoms with E-state index in [0.717, 1.165) is 12.8 Å². The molecule has 0 aliphatic carbocycles. The zero-order valence-electron chi connectivity index (χ0n) is 8.41. The second kappa shape index (κ2) is 5.14. The fourth-order valence-electron chi connectivity index (χ4n) is 1.09. The average molecular weight is 211 g/mol. The van der Waals surface area contributed by atoms with Crippen LogP contribution in [0.5, 0.6) is 0 Å². The van der Waals surface area contributed by atoms with Gasteiger partial charge in [-0.05, 0) is 6.42 Å². The number of aromatic carboxylic acids is 1. The van der Waals surface area contributed by atoms with Gasteiger partial charge in [0.25, 0.3) is 5.91 Å². The van der Waals surface area contributed by atoms with Gasteiger partial charge in [0.2, 0.25) is 0 Å². The lowest BCUT2D eigenvalue weighted by Gasteiger charge is -2.01. The van der Waals surface area contributed by atoms with E-state index in [1.54, 1.807) is 0 Å². The lowest BCUT2D eigenvalue weighted by molar-refractivity contribution is 0.0685. The summed E-state index contributed by atoms with van der Waals surface area (Å²) in [5, 5.41) is 11.3. The van der Waals surface area contributed by atoms with Crippen LogP contribution in [0.1, 0.15) is 40.7 Å². The number of hydrogen-bond acceptors (Lipinski definition) is 3. The van der Waals surface area contributed by atoms with Crippen molar-refractivity contribution >= 4 is 11.9 Å². The first-order valence-corrected chi connectivity index (χ1v) is 4.71. The van der Waals surface area contributed by atoms with Gasteiger partial charge in [-0.25, -0.2) is 9.78 Å². The quantitative estimate of drug-likeness (QED) is 0.623. The number of nitrogens with zero attached hydrogens (tertiary/aromatic N) is 1. The van der Waals surface area contributed by atoms with Crippen molar-refractivity contribution in [3.8, 4) is 0 Å². The largest absolute Gasteiger partial charge is 0.477 e. The highest BCUT2D eigenvalue weighted by Crippen LogP contribution is 2.02.